The number of aromatic nitrogens is 3. The van der Waals surface area contributed by atoms with Gasteiger partial charge in [-0.2, -0.15) is 4.98 Å². The number of furan rings is 1. The lowest BCUT2D eigenvalue weighted by Crippen LogP contribution is -2.12. The van der Waals surface area contributed by atoms with Crippen LogP contribution < -0.4 is 5.32 Å². The molecule has 1 N–H and O–H groups in total. The van der Waals surface area contributed by atoms with E-state index in [9.17, 15) is 4.79 Å². The summed E-state index contributed by atoms with van der Waals surface area (Å²) in [5.41, 5.74) is 1.53. The van der Waals surface area contributed by atoms with Crippen LogP contribution >= 0.6 is 50.5 Å². The number of carbonyl (C=O) groups excluding carboxylic acids is 1. The first-order valence-electron chi connectivity index (χ1n) is 6.87. The lowest BCUT2D eigenvalue weighted by atomic mass is 10.2. The molecule has 0 aliphatic carbocycles. The lowest BCUT2D eigenvalue weighted by molar-refractivity contribution is 0.0994. The summed E-state index contributed by atoms with van der Waals surface area (Å²) in [6, 6.07) is 8.41. The third kappa shape index (κ3) is 3.18. The van der Waals surface area contributed by atoms with E-state index in [2.05, 4.69) is 31.3 Å². The van der Waals surface area contributed by atoms with E-state index in [1.165, 1.54) is 11.3 Å². The minimum atomic E-state index is -0.435. The molecule has 1 amide bonds. The Kier molecular flexibility index (Phi) is 4.28. The minimum absolute atomic E-state index is 0.158. The van der Waals surface area contributed by atoms with E-state index in [-0.39, 0.29) is 11.7 Å². The third-order valence-corrected chi connectivity index (χ3v) is 5.10. The van der Waals surface area contributed by atoms with Gasteiger partial charge in [-0.3, -0.25) is 10.1 Å². The molecule has 0 fully saturated rings. The van der Waals surface area contributed by atoms with Crippen LogP contribution in [0.2, 0.25) is 10.0 Å². The third-order valence-electron chi connectivity index (χ3n) is 3.31. The van der Waals surface area contributed by atoms with E-state index in [0.29, 0.717) is 19.7 Å². The van der Waals surface area contributed by atoms with Gasteiger partial charge in [0.25, 0.3) is 11.9 Å². The molecule has 0 aliphatic rings. The van der Waals surface area contributed by atoms with Gasteiger partial charge in [-0.1, -0.05) is 23.2 Å². The molecule has 4 rings (SSSR count). The van der Waals surface area contributed by atoms with Crippen LogP contribution in [0.3, 0.4) is 0 Å². The first kappa shape index (κ1) is 16.6. The maximum Gasteiger partial charge on any atom is 0.293 e. The molecule has 0 radical (unpaired) electrons. The molecule has 126 valence electrons. The largest absolute Gasteiger partial charge is 0.444 e. The van der Waals surface area contributed by atoms with Crippen LogP contribution in [-0.2, 0) is 0 Å². The van der Waals surface area contributed by atoms with Gasteiger partial charge in [-0.15, -0.1) is 16.4 Å². The normalized spacial score (nSPS) is 11.2. The summed E-state index contributed by atoms with van der Waals surface area (Å²) < 4.78 is 7.30. The molecule has 10 heteroatoms. The van der Waals surface area contributed by atoms with Crippen LogP contribution in [-0.4, -0.2) is 20.5 Å². The quantitative estimate of drug-likeness (QED) is 0.448. The number of carbonyl (C=O) groups is 1. The Morgan fingerprint density at radius 3 is 2.84 bits per heavy atom. The molecule has 0 unspecified atom stereocenters. The van der Waals surface area contributed by atoms with Gasteiger partial charge in [0.2, 0.25) is 4.96 Å². The number of hydrogen-bond donors (Lipinski definition) is 1. The predicted molar refractivity (Wildman–Crippen MR) is 101 cm³/mol. The molecule has 4 aromatic rings. The number of thiazole rings is 1. The second-order valence-corrected chi connectivity index (χ2v) is 7.39. The number of benzene rings is 1. The van der Waals surface area contributed by atoms with Crippen LogP contribution in [0.5, 0.6) is 0 Å². The topological polar surface area (TPSA) is 72.4 Å². The number of rotatable bonds is 3. The van der Waals surface area contributed by atoms with Crippen molar-refractivity contribution in [2.45, 2.75) is 0 Å². The lowest BCUT2D eigenvalue weighted by Gasteiger charge is -2.02. The van der Waals surface area contributed by atoms with Crippen LogP contribution in [0.25, 0.3) is 16.2 Å². The molecule has 3 heterocycles. The van der Waals surface area contributed by atoms with Crippen molar-refractivity contribution in [1.82, 2.24) is 14.6 Å². The molecule has 1 aromatic carbocycles. The number of halogens is 3. The highest BCUT2D eigenvalue weighted by Gasteiger charge is 2.17. The van der Waals surface area contributed by atoms with Crippen molar-refractivity contribution < 1.29 is 9.21 Å². The molecule has 6 nitrogen and oxygen atoms in total. The summed E-state index contributed by atoms with van der Waals surface area (Å²) in [6.45, 7) is 0. The van der Waals surface area contributed by atoms with E-state index in [1.807, 2.05) is 11.4 Å². The maximum absolute atomic E-state index is 12.1. The predicted octanol–water partition coefficient (Wildman–Crippen LogP) is 5.37. The first-order chi connectivity index (χ1) is 12.0. The molecule has 3 aromatic heterocycles. The molecule has 0 aliphatic heterocycles. The number of anilines is 1. The zero-order valence-electron chi connectivity index (χ0n) is 12.2. The molecule has 0 saturated heterocycles. The highest BCUT2D eigenvalue weighted by Crippen LogP contribution is 2.33. The Balaban J connectivity index is 1.67. The highest BCUT2D eigenvalue weighted by atomic mass is 79.9. The smallest absolute Gasteiger partial charge is 0.293 e. The Hall–Kier alpha value is -1.87. The number of nitrogens with one attached hydrogen (secondary N) is 1. The molecule has 0 saturated carbocycles. The van der Waals surface area contributed by atoms with Gasteiger partial charge in [0.15, 0.2) is 10.4 Å². The minimum Gasteiger partial charge on any atom is -0.444 e. The zero-order chi connectivity index (χ0) is 17.6. The van der Waals surface area contributed by atoms with E-state index >= 15 is 0 Å². The second kappa shape index (κ2) is 6.45. The van der Waals surface area contributed by atoms with Gasteiger partial charge in [-0.05, 0) is 46.3 Å². The van der Waals surface area contributed by atoms with Crippen molar-refractivity contribution in [3.63, 3.8) is 0 Å². The Morgan fingerprint density at radius 1 is 1.28 bits per heavy atom. The summed E-state index contributed by atoms with van der Waals surface area (Å²) in [4.78, 5) is 17.0. The molecule has 25 heavy (non-hydrogen) atoms. The summed E-state index contributed by atoms with van der Waals surface area (Å²) in [5.74, 6) is -0.100. The van der Waals surface area contributed by atoms with Crippen molar-refractivity contribution in [1.29, 1.82) is 0 Å². The van der Waals surface area contributed by atoms with E-state index in [0.717, 1.165) is 11.3 Å². The van der Waals surface area contributed by atoms with Gasteiger partial charge < -0.3 is 4.42 Å². The average Bonchev–Trinajstić information content (AvgIpc) is 3.23. The van der Waals surface area contributed by atoms with E-state index in [1.54, 1.807) is 28.8 Å². The number of fused-ring (bicyclic) bond motifs is 1. The van der Waals surface area contributed by atoms with Gasteiger partial charge in [0.05, 0.1) is 10.7 Å². The van der Waals surface area contributed by atoms with Crippen molar-refractivity contribution in [3.8, 4) is 11.3 Å². The monoisotopic (exact) mass is 456 g/mol. The molecular weight excluding hydrogens is 451 g/mol. The van der Waals surface area contributed by atoms with Crippen LogP contribution in [0.4, 0.5) is 5.95 Å². The molecule has 0 bridgehead atoms. The van der Waals surface area contributed by atoms with Crippen LogP contribution in [0.15, 0.2) is 44.8 Å². The van der Waals surface area contributed by atoms with Crippen LogP contribution in [0, 0.1) is 0 Å². The van der Waals surface area contributed by atoms with Crippen molar-refractivity contribution in [2.24, 2.45) is 0 Å². The number of amides is 1. The second-order valence-electron chi connectivity index (χ2n) is 4.93. The van der Waals surface area contributed by atoms with Crippen molar-refractivity contribution >= 4 is 67.3 Å². The van der Waals surface area contributed by atoms with E-state index < -0.39 is 5.91 Å². The fourth-order valence-corrected chi connectivity index (χ4v) is 3.85. The Bertz CT molecular complexity index is 1100. The first-order valence-corrected chi connectivity index (χ1v) is 9.30. The fraction of sp³-hybridized carbons (Fsp3) is 0. The summed E-state index contributed by atoms with van der Waals surface area (Å²) in [7, 11) is 0. The van der Waals surface area contributed by atoms with Gasteiger partial charge in [0, 0.05) is 16.0 Å². The zero-order valence-corrected chi connectivity index (χ0v) is 16.1. The Morgan fingerprint density at radius 2 is 2.12 bits per heavy atom. The molecule has 0 atom stereocenters. The SMILES string of the molecule is O=C(Nc1nc2scc(-c3ccc(Cl)cc3Cl)n2n1)c1ccc(Br)o1. The molecular formula is C15H7BrCl2N4O2S. The Labute approximate surface area is 163 Å². The van der Waals surface area contributed by atoms with Crippen molar-refractivity contribution in [3.05, 3.63) is 56.2 Å². The maximum atomic E-state index is 12.1. The number of nitrogens with zero attached hydrogens (tertiary/aromatic N) is 3. The summed E-state index contributed by atoms with van der Waals surface area (Å²) >= 11 is 16.7. The van der Waals surface area contributed by atoms with Gasteiger partial charge >= 0.3 is 0 Å². The van der Waals surface area contributed by atoms with Gasteiger partial charge in [-0.25, -0.2) is 4.52 Å². The standard InChI is InChI=1S/C15H7BrCl2N4O2S/c16-12-4-3-11(24-12)13(23)19-14-20-15-22(21-14)10(6-25-15)8-2-1-7(17)5-9(8)18/h1-6H,(H,19,21,23). The highest BCUT2D eigenvalue weighted by molar-refractivity contribution is 9.10. The number of hydrogen-bond acceptors (Lipinski definition) is 5. The van der Waals surface area contributed by atoms with Crippen molar-refractivity contribution in [2.75, 3.05) is 5.32 Å². The fourth-order valence-electron chi connectivity index (χ4n) is 2.22. The average molecular weight is 458 g/mol. The van der Waals surface area contributed by atoms with E-state index in [4.69, 9.17) is 27.6 Å². The molecule has 0 spiro atoms. The summed E-state index contributed by atoms with van der Waals surface area (Å²) in [6.07, 6.45) is 0. The van der Waals surface area contributed by atoms with Gasteiger partial charge in [0.1, 0.15) is 0 Å². The summed E-state index contributed by atoms with van der Waals surface area (Å²) in [5, 5.41) is 9.88. The van der Waals surface area contributed by atoms with Crippen LogP contribution in [0.1, 0.15) is 10.6 Å².